The van der Waals surface area contributed by atoms with Gasteiger partial charge in [-0.25, -0.2) is 0 Å². The molecule has 1 saturated heterocycles. The van der Waals surface area contributed by atoms with E-state index in [-0.39, 0.29) is 5.91 Å². The summed E-state index contributed by atoms with van der Waals surface area (Å²) in [6.45, 7) is 5.30. The normalized spacial score (nSPS) is 14.9. The minimum Gasteiger partial charge on any atom is -0.336 e. The molecular weight excluding hydrogens is 411 g/mol. The molecule has 2 heterocycles. The largest absolute Gasteiger partial charge is 0.336 e. The van der Waals surface area contributed by atoms with E-state index in [1.165, 1.54) is 5.56 Å². The van der Waals surface area contributed by atoms with E-state index >= 15 is 0 Å². The van der Waals surface area contributed by atoms with Crippen LogP contribution in [0.1, 0.15) is 21.7 Å². The van der Waals surface area contributed by atoms with E-state index in [0.29, 0.717) is 47.0 Å². The molecule has 2 aromatic carbocycles. The maximum atomic E-state index is 12.7. The summed E-state index contributed by atoms with van der Waals surface area (Å²) >= 11 is 12.1. The molecule has 1 aromatic heterocycles. The van der Waals surface area contributed by atoms with Crippen LogP contribution < -0.4 is 0 Å². The number of benzene rings is 2. The molecule has 0 N–H and O–H groups in total. The van der Waals surface area contributed by atoms with E-state index in [1.54, 1.807) is 23.1 Å². The number of amides is 1. The Hall–Kier alpha value is -2.41. The van der Waals surface area contributed by atoms with Gasteiger partial charge in [0.25, 0.3) is 11.8 Å². The molecule has 150 valence electrons. The molecule has 0 bridgehead atoms. The van der Waals surface area contributed by atoms with Crippen LogP contribution in [0.25, 0.3) is 11.5 Å². The Kier molecular flexibility index (Phi) is 5.85. The second-order valence-corrected chi connectivity index (χ2v) is 7.92. The fourth-order valence-corrected chi connectivity index (χ4v) is 3.76. The third kappa shape index (κ3) is 4.61. The van der Waals surface area contributed by atoms with Crippen molar-refractivity contribution in [3.63, 3.8) is 0 Å². The molecule has 1 amide bonds. The Morgan fingerprint density at radius 2 is 1.79 bits per heavy atom. The van der Waals surface area contributed by atoms with Crippen molar-refractivity contribution in [2.45, 2.75) is 13.5 Å². The summed E-state index contributed by atoms with van der Waals surface area (Å²) in [4.78, 5) is 21.2. The van der Waals surface area contributed by atoms with Gasteiger partial charge in [-0.1, -0.05) is 46.1 Å². The molecule has 0 aliphatic carbocycles. The van der Waals surface area contributed by atoms with Crippen LogP contribution in [0, 0.1) is 6.92 Å². The molecule has 1 aliphatic heterocycles. The van der Waals surface area contributed by atoms with Crippen LogP contribution >= 0.6 is 23.2 Å². The van der Waals surface area contributed by atoms with Crippen LogP contribution in [-0.4, -0.2) is 52.0 Å². The van der Waals surface area contributed by atoms with Crippen molar-refractivity contribution in [3.05, 3.63) is 69.5 Å². The van der Waals surface area contributed by atoms with Crippen LogP contribution in [0.2, 0.25) is 10.0 Å². The maximum absolute atomic E-state index is 12.7. The molecule has 0 radical (unpaired) electrons. The first kappa shape index (κ1) is 19.9. The van der Waals surface area contributed by atoms with Crippen LogP contribution in [0.15, 0.2) is 47.0 Å². The molecule has 0 spiro atoms. The third-order valence-electron chi connectivity index (χ3n) is 4.95. The summed E-state index contributed by atoms with van der Waals surface area (Å²) in [6.07, 6.45) is 0. The highest BCUT2D eigenvalue weighted by molar-refractivity contribution is 6.36. The number of nitrogens with zero attached hydrogens (tertiary/aromatic N) is 4. The quantitative estimate of drug-likeness (QED) is 0.616. The Labute approximate surface area is 179 Å². The van der Waals surface area contributed by atoms with E-state index in [2.05, 4.69) is 15.0 Å². The van der Waals surface area contributed by atoms with Gasteiger partial charge in [0.15, 0.2) is 5.82 Å². The standard InChI is InChI=1S/C21H20Cl2N4O2/c1-14-2-4-15(5-3-14)20-24-19(25-29-20)13-26-8-10-27(11-9-26)21(28)17-7-6-16(22)12-18(17)23/h2-7,12H,8-11,13H2,1H3. The Bertz CT molecular complexity index is 1010. The van der Waals surface area contributed by atoms with Gasteiger partial charge in [0, 0.05) is 36.8 Å². The van der Waals surface area contributed by atoms with Crippen molar-refractivity contribution < 1.29 is 9.32 Å². The second-order valence-electron chi connectivity index (χ2n) is 7.07. The molecule has 3 aromatic rings. The van der Waals surface area contributed by atoms with Crippen molar-refractivity contribution in [3.8, 4) is 11.5 Å². The average Bonchev–Trinajstić information content (AvgIpc) is 3.17. The van der Waals surface area contributed by atoms with Gasteiger partial charge < -0.3 is 9.42 Å². The third-order valence-corrected chi connectivity index (χ3v) is 5.50. The van der Waals surface area contributed by atoms with Crippen molar-refractivity contribution in [1.29, 1.82) is 0 Å². The number of halogens is 2. The van der Waals surface area contributed by atoms with E-state index in [0.717, 1.165) is 18.7 Å². The summed E-state index contributed by atoms with van der Waals surface area (Å²) in [5.74, 6) is 1.08. The van der Waals surface area contributed by atoms with Crippen molar-refractivity contribution >= 4 is 29.1 Å². The van der Waals surface area contributed by atoms with Crippen molar-refractivity contribution in [2.75, 3.05) is 26.2 Å². The van der Waals surface area contributed by atoms with Crippen molar-refractivity contribution in [2.24, 2.45) is 0 Å². The van der Waals surface area contributed by atoms with Gasteiger partial charge in [-0.2, -0.15) is 4.98 Å². The number of hydrogen-bond donors (Lipinski definition) is 0. The summed E-state index contributed by atoms with van der Waals surface area (Å²) in [6, 6.07) is 12.9. The topological polar surface area (TPSA) is 62.5 Å². The number of aryl methyl sites for hydroxylation is 1. The first-order valence-corrected chi connectivity index (χ1v) is 10.1. The molecule has 6 nitrogen and oxygen atoms in total. The zero-order valence-corrected chi connectivity index (χ0v) is 17.5. The fourth-order valence-electron chi connectivity index (χ4n) is 3.27. The lowest BCUT2D eigenvalue weighted by molar-refractivity contribution is 0.0624. The number of hydrogen-bond acceptors (Lipinski definition) is 5. The van der Waals surface area contributed by atoms with Gasteiger partial charge in [0.1, 0.15) is 0 Å². The van der Waals surface area contributed by atoms with E-state index in [4.69, 9.17) is 27.7 Å². The Balaban J connectivity index is 1.34. The van der Waals surface area contributed by atoms with Crippen LogP contribution in [0.3, 0.4) is 0 Å². The van der Waals surface area contributed by atoms with Gasteiger partial charge in [-0.3, -0.25) is 9.69 Å². The molecule has 29 heavy (non-hydrogen) atoms. The average molecular weight is 431 g/mol. The number of carbonyl (C=O) groups excluding carboxylic acids is 1. The first-order chi connectivity index (χ1) is 14.0. The molecule has 0 atom stereocenters. The zero-order valence-electron chi connectivity index (χ0n) is 15.9. The lowest BCUT2D eigenvalue weighted by Gasteiger charge is -2.34. The molecule has 4 rings (SSSR count). The molecule has 1 fully saturated rings. The highest BCUT2D eigenvalue weighted by Gasteiger charge is 2.24. The summed E-state index contributed by atoms with van der Waals surface area (Å²) in [5.41, 5.74) is 2.57. The van der Waals surface area contributed by atoms with Crippen LogP contribution in [0.4, 0.5) is 0 Å². The molecular formula is C21H20Cl2N4O2. The monoisotopic (exact) mass is 430 g/mol. The highest BCUT2D eigenvalue weighted by atomic mass is 35.5. The predicted octanol–water partition coefficient (Wildman–Crippen LogP) is 4.31. The minimum absolute atomic E-state index is 0.0764. The minimum atomic E-state index is -0.0764. The van der Waals surface area contributed by atoms with Gasteiger partial charge >= 0.3 is 0 Å². The van der Waals surface area contributed by atoms with Gasteiger partial charge in [-0.15, -0.1) is 0 Å². The fraction of sp³-hybridized carbons (Fsp3) is 0.286. The van der Waals surface area contributed by atoms with Gasteiger partial charge in [0.05, 0.1) is 17.1 Å². The van der Waals surface area contributed by atoms with E-state index in [1.807, 2.05) is 31.2 Å². The zero-order chi connectivity index (χ0) is 20.4. The van der Waals surface area contributed by atoms with E-state index in [9.17, 15) is 4.79 Å². The highest BCUT2D eigenvalue weighted by Crippen LogP contribution is 2.23. The van der Waals surface area contributed by atoms with Crippen LogP contribution in [0.5, 0.6) is 0 Å². The van der Waals surface area contributed by atoms with Gasteiger partial charge in [0.2, 0.25) is 0 Å². The van der Waals surface area contributed by atoms with Crippen molar-refractivity contribution in [1.82, 2.24) is 19.9 Å². The number of carbonyl (C=O) groups is 1. The molecule has 1 aliphatic rings. The summed E-state index contributed by atoms with van der Waals surface area (Å²) < 4.78 is 5.39. The number of aromatic nitrogens is 2. The second kappa shape index (κ2) is 8.53. The summed E-state index contributed by atoms with van der Waals surface area (Å²) in [7, 11) is 0. The van der Waals surface area contributed by atoms with Crippen LogP contribution in [-0.2, 0) is 6.54 Å². The number of piperazine rings is 1. The smallest absolute Gasteiger partial charge is 0.257 e. The molecule has 0 unspecified atom stereocenters. The Morgan fingerprint density at radius 1 is 1.07 bits per heavy atom. The molecule has 0 saturated carbocycles. The lowest BCUT2D eigenvalue weighted by Crippen LogP contribution is -2.48. The SMILES string of the molecule is Cc1ccc(-c2nc(CN3CCN(C(=O)c4ccc(Cl)cc4Cl)CC3)no2)cc1. The maximum Gasteiger partial charge on any atom is 0.257 e. The Morgan fingerprint density at radius 3 is 2.48 bits per heavy atom. The lowest BCUT2D eigenvalue weighted by atomic mass is 10.1. The predicted molar refractivity (Wildman–Crippen MR) is 112 cm³/mol. The van der Waals surface area contributed by atoms with Gasteiger partial charge in [-0.05, 0) is 37.3 Å². The summed E-state index contributed by atoms with van der Waals surface area (Å²) in [5, 5.41) is 4.98. The molecule has 8 heteroatoms. The number of rotatable bonds is 4. The first-order valence-electron chi connectivity index (χ1n) is 9.36. The van der Waals surface area contributed by atoms with E-state index < -0.39 is 0 Å².